The summed E-state index contributed by atoms with van der Waals surface area (Å²) in [4.78, 5) is 20.8. The largest absolute Gasteiger partial charge is 0.429 e. The van der Waals surface area contributed by atoms with Gasteiger partial charge in [0.05, 0.1) is 10.4 Å². The van der Waals surface area contributed by atoms with E-state index >= 15 is 0 Å². The van der Waals surface area contributed by atoms with Gasteiger partial charge in [-0.15, -0.1) is 0 Å². The number of aromatic nitrogens is 2. The maximum Gasteiger partial charge on any atom is 0.266 e. The monoisotopic (exact) mass is 353 g/mol. The first-order chi connectivity index (χ1) is 11.7. The predicted octanol–water partition coefficient (Wildman–Crippen LogP) is 4.87. The lowest BCUT2D eigenvalue weighted by molar-refractivity contribution is 0.102. The molecule has 7 heteroatoms. The molecule has 0 spiro atoms. The van der Waals surface area contributed by atoms with Gasteiger partial charge < -0.3 is 9.40 Å². The molecule has 0 saturated carbocycles. The summed E-state index contributed by atoms with van der Waals surface area (Å²) in [5.74, 6) is -0.242. The molecule has 0 aliphatic carbocycles. The molecular formula is C17H11N3O2S2. The van der Waals surface area contributed by atoms with Crippen LogP contribution in [0.5, 0.6) is 0 Å². The Morgan fingerprint density at radius 1 is 1.21 bits per heavy atom. The van der Waals surface area contributed by atoms with Gasteiger partial charge in [-0.05, 0) is 36.0 Å². The molecule has 24 heavy (non-hydrogen) atoms. The van der Waals surface area contributed by atoms with Crippen molar-refractivity contribution in [3.63, 3.8) is 0 Å². The molecule has 2 aromatic carbocycles. The van der Waals surface area contributed by atoms with Gasteiger partial charge in [0.1, 0.15) is 0 Å². The summed E-state index contributed by atoms with van der Waals surface area (Å²) in [7, 11) is 0. The average Bonchev–Trinajstić information content (AvgIpc) is 3.20. The number of hydrogen-bond acceptors (Lipinski definition) is 5. The van der Waals surface area contributed by atoms with Crippen molar-refractivity contribution >= 4 is 45.7 Å². The van der Waals surface area contributed by atoms with Gasteiger partial charge in [-0.25, -0.2) is 4.98 Å². The fraction of sp³-hybridized carbons (Fsp3) is 0. The third-order valence-corrected chi connectivity index (χ3v) is 4.61. The van der Waals surface area contributed by atoms with E-state index in [1.807, 2.05) is 30.3 Å². The van der Waals surface area contributed by atoms with Crippen LogP contribution in [-0.4, -0.2) is 15.9 Å². The minimum absolute atomic E-state index is 0.242. The molecule has 0 aliphatic heterocycles. The molecule has 0 radical (unpaired) electrons. The number of thiazole rings is 1. The molecule has 0 bridgehead atoms. The third-order valence-electron chi connectivity index (χ3n) is 3.47. The number of hydrogen-bond donors (Lipinski definition) is 2. The fourth-order valence-corrected chi connectivity index (χ4v) is 3.34. The van der Waals surface area contributed by atoms with Gasteiger partial charge in [-0.2, -0.15) is 0 Å². The molecule has 4 rings (SSSR count). The highest BCUT2D eigenvalue weighted by Gasteiger charge is 2.11. The van der Waals surface area contributed by atoms with E-state index in [-0.39, 0.29) is 10.7 Å². The number of carbonyl (C=O) groups excluding carboxylic acids is 1. The van der Waals surface area contributed by atoms with Crippen LogP contribution in [0.3, 0.4) is 0 Å². The van der Waals surface area contributed by atoms with Crippen LogP contribution >= 0.6 is 23.6 Å². The lowest BCUT2D eigenvalue weighted by atomic mass is 10.2. The van der Waals surface area contributed by atoms with Gasteiger partial charge in [-0.1, -0.05) is 41.7 Å². The second-order valence-electron chi connectivity index (χ2n) is 5.08. The minimum Gasteiger partial charge on any atom is -0.429 e. The highest BCUT2D eigenvalue weighted by molar-refractivity contribution is 7.71. The molecule has 118 valence electrons. The van der Waals surface area contributed by atoms with E-state index < -0.39 is 0 Å². The maximum absolute atomic E-state index is 12.4. The number of aromatic amines is 1. The number of oxazole rings is 1. The van der Waals surface area contributed by atoms with Gasteiger partial charge in [0, 0.05) is 11.8 Å². The van der Waals surface area contributed by atoms with E-state index in [1.54, 1.807) is 24.4 Å². The van der Waals surface area contributed by atoms with Crippen molar-refractivity contribution < 1.29 is 9.21 Å². The molecular weight excluding hydrogens is 342 g/mol. The Morgan fingerprint density at radius 3 is 2.88 bits per heavy atom. The van der Waals surface area contributed by atoms with Gasteiger partial charge in [0.25, 0.3) is 10.7 Å². The third kappa shape index (κ3) is 2.86. The number of nitrogens with zero attached hydrogens (tertiary/aromatic N) is 1. The fourth-order valence-electron chi connectivity index (χ4n) is 2.32. The lowest BCUT2D eigenvalue weighted by Crippen LogP contribution is -2.11. The van der Waals surface area contributed by atoms with E-state index in [0.717, 1.165) is 16.0 Å². The average molecular weight is 353 g/mol. The molecule has 4 aromatic rings. The second-order valence-corrected chi connectivity index (χ2v) is 6.48. The van der Waals surface area contributed by atoms with E-state index in [9.17, 15) is 4.79 Å². The van der Waals surface area contributed by atoms with Crippen LogP contribution < -0.4 is 5.32 Å². The summed E-state index contributed by atoms with van der Waals surface area (Å²) < 4.78 is 5.34. The molecule has 1 amide bonds. The summed E-state index contributed by atoms with van der Waals surface area (Å²) in [5, 5.41) is 3.36. The molecule has 0 unspecified atom stereocenters. The van der Waals surface area contributed by atoms with Crippen molar-refractivity contribution in [1.29, 1.82) is 0 Å². The summed E-state index contributed by atoms with van der Waals surface area (Å²) >= 11 is 6.37. The van der Waals surface area contributed by atoms with Gasteiger partial charge in [-0.3, -0.25) is 10.1 Å². The first-order valence-corrected chi connectivity index (χ1v) is 8.37. The number of benzene rings is 2. The Hall–Kier alpha value is -2.77. The van der Waals surface area contributed by atoms with Crippen LogP contribution in [0.1, 0.15) is 10.4 Å². The van der Waals surface area contributed by atoms with Crippen molar-refractivity contribution in [2.24, 2.45) is 0 Å². The number of nitrogens with one attached hydrogen (secondary N) is 2. The van der Waals surface area contributed by atoms with Gasteiger partial charge >= 0.3 is 0 Å². The number of amides is 1. The summed E-state index contributed by atoms with van der Waals surface area (Å²) in [6, 6.07) is 15.0. The molecule has 0 saturated heterocycles. The zero-order chi connectivity index (χ0) is 16.5. The zero-order valence-corrected chi connectivity index (χ0v) is 13.9. The molecule has 5 nitrogen and oxygen atoms in total. The molecule has 2 heterocycles. The van der Waals surface area contributed by atoms with E-state index in [2.05, 4.69) is 15.3 Å². The molecule has 0 aliphatic rings. The number of anilines is 1. The minimum atomic E-state index is -0.242. The molecule has 0 atom stereocenters. The lowest BCUT2D eigenvalue weighted by Gasteiger charge is -2.01. The van der Waals surface area contributed by atoms with Crippen molar-refractivity contribution in [2.45, 2.75) is 0 Å². The zero-order valence-electron chi connectivity index (χ0n) is 12.3. The predicted molar refractivity (Wildman–Crippen MR) is 96.9 cm³/mol. The highest BCUT2D eigenvalue weighted by Crippen LogP contribution is 2.29. The highest BCUT2D eigenvalue weighted by atomic mass is 32.1. The molecule has 2 aromatic heterocycles. The topological polar surface area (TPSA) is 70.9 Å². The van der Waals surface area contributed by atoms with Crippen LogP contribution in [0, 0.1) is 4.84 Å². The van der Waals surface area contributed by atoms with Crippen molar-refractivity contribution in [3.05, 3.63) is 65.1 Å². The Balaban J connectivity index is 1.57. The summed E-state index contributed by atoms with van der Waals surface area (Å²) in [6.45, 7) is 0. The number of carbonyl (C=O) groups is 1. The van der Waals surface area contributed by atoms with Crippen LogP contribution in [0.25, 0.3) is 21.5 Å². The van der Waals surface area contributed by atoms with Crippen LogP contribution in [0.15, 0.2) is 59.1 Å². The standard InChI is InChI=1S/C17H11N3O2S2/c21-15(11-6-7-12-13(8-11)22-17(23)19-12)20-16-18-9-14(24-16)10-4-2-1-3-5-10/h1-9H,(H,19,23)(H,18,20,21). The van der Waals surface area contributed by atoms with Crippen LogP contribution in [0.4, 0.5) is 5.13 Å². The number of fused-ring (bicyclic) bond motifs is 1. The van der Waals surface area contributed by atoms with E-state index in [0.29, 0.717) is 16.3 Å². The Labute approximate surface area is 146 Å². The smallest absolute Gasteiger partial charge is 0.266 e. The summed E-state index contributed by atoms with van der Waals surface area (Å²) in [6.07, 6.45) is 1.75. The maximum atomic E-state index is 12.4. The van der Waals surface area contributed by atoms with Crippen LogP contribution in [-0.2, 0) is 0 Å². The second kappa shape index (κ2) is 6.03. The van der Waals surface area contributed by atoms with Crippen molar-refractivity contribution in [2.75, 3.05) is 5.32 Å². The molecule has 0 fully saturated rings. The Kier molecular flexibility index (Phi) is 3.72. The quantitative estimate of drug-likeness (QED) is 0.516. The number of H-pyrrole nitrogens is 1. The van der Waals surface area contributed by atoms with Crippen molar-refractivity contribution in [3.8, 4) is 10.4 Å². The van der Waals surface area contributed by atoms with Gasteiger partial charge in [0.15, 0.2) is 10.7 Å². The van der Waals surface area contributed by atoms with Crippen molar-refractivity contribution in [1.82, 2.24) is 9.97 Å². The first-order valence-electron chi connectivity index (χ1n) is 7.14. The summed E-state index contributed by atoms with van der Waals surface area (Å²) in [5.41, 5.74) is 2.87. The van der Waals surface area contributed by atoms with E-state index in [4.69, 9.17) is 16.6 Å². The number of rotatable bonds is 3. The first kappa shape index (κ1) is 14.8. The van der Waals surface area contributed by atoms with E-state index in [1.165, 1.54) is 11.3 Å². The molecule has 2 N–H and O–H groups in total. The van der Waals surface area contributed by atoms with Crippen LogP contribution in [0.2, 0.25) is 0 Å². The Morgan fingerprint density at radius 2 is 2.04 bits per heavy atom. The Bertz CT molecular complexity index is 1080. The van der Waals surface area contributed by atoms with Gasteiger partial charge in [0.2, 0.25) is 0 Å². The normalized spacial score (nSPS) is 10.8. The SMILES string of the molecule is O=C(Nc1ncc(-c2ccccc2)s1)c1ccc2[nH]c(=S)oc2c1.